The van der Waals surface area contributed by atoms with Crippen LogP contribution in [0.4, 0.5) is 10.6 Å². The highest BCUT2D eigenvalue weighted by Gasteiger charge is 2.52. The minimum Gasteiger partial charge on any atom is -0.468 e. The second-order valence-electron chi connectivity index (χ2n) is 9.91. The molecule has 1 N–H and O–H groups in total. The van der Waals surface area contributed by atoms with Crippen LogP contribution >= 0.6 is 0 Å². The number of hydrogen-bond donors (Lipinski definition) is 1. The lowest BCUT2D eigenvalue weighted by Gasteiger charge is -2.14. The van der Waals surface area contributed by atoms with Crippen LogP contribution < -0.4 is 5.32 Å². The average Bonchev–Trinajstić information content (AvgIpc) is 3.74. The highest BCUT2D eigenvalue weighted by atomic mass is 16.6. The number of esters is 1. The molecule has 6 rings (SSSR count). The monoisotopic (exact) mass is 532 g/mol. The Kier molecular flexibility index (Phi) is 6.51. The molecule has 1 amide bonds. The molecule has 1 aliphatic carbocycles. The summed E-state index contributed by atoms with van der Waals surface area (Å²) in [5, 5.41) is 7.24. The number of benzene rings is 3. The van der Waals surface area contributed by atoms with Crippen LogP contribution in [0.3, 0.4) is 0 Å². The van der Waals surface area contributed by atoms with Crippen molar-refractivity contribution in [1.29, 1.82) is 0 Å². The molecule has 40 heavy (non-hydrogen) atoms. The molecule has 8 nitrogen and oxygen atoms in total. The Morgan fingerprint density at radius 2 is 1.52 bits per heavy atom. The maximum Gasteiger partial charge on any atom is 0.413 e. The number of carbonyl (C=O) groups excluding carboxylic acids is 2. The highest BCUT2D eigenvalue weighted by molar-refractivity contribution is 5.91. The number of carbonyl (C=O) groups is 2. The fraction of sp³-hybridized carbons (Fsp3) is 0.188. The van der Waals surface area contributed by atoms with Crippen molar-refractivity contribution in [3.05, 3.63) is 108 Å². The highest BCUT2D eigenvalue weighted by Crippen LogP contribution is 2.49. The molecule has 1 aliphatic rings. The van der Waals surface area contributed by atoms with E-state index in [0.717, 1.165) is 40.7 Å². The number of methoxy groups -OCH3 is 1. The molecule has 8 heteroatoms. The molecule has 0 radical (unpaired) electrons. The zero-order chi connectivity index (χ0) is 27.7. The zero-order valence-corrected chi connectivity index (χ0v) is 22.2. The molecular formula is C32H28N4O4. The largest absolute Gasteiger partial charge is 0.468 e. The van der Waals surface area contributed by atoms with Gasteiger partial charge in [-0.3, -0.25) is 10.1 Å². The number of fused-ring (bicyclic) bond motifs is 1. The summed E-state index contributed by atoms with van der Waals surface area (Å²) in [5.74, 6) is 0.255. The maximum atomic E-state index is 12.9. The van der Waals surface area contributed by atoms with Crippen LogP contribution in [0.2, 0.25) is 0 Å². The summed E-state index contributed by atoms with van der Waals surface area (Å²) in [5.41, 5.74) is 5.45. The number of rotatable bonds is 7. The van der Waals surface area contributed by atoms with Gasteiger partial charge in [0.05, 0.1) is 12.5 Å². The minimum atomic E-state index is -0.595. The average molecular weight is 533 g/mol. The third kappa shape index (κ3) is 4.68. The standard InChI is InChI=1S/C32H28N4O4/c1-21(22-7-4-3-5-8-22)40-31(38)35-29-28(34-27-9-6-20-33-36(27)29)25-12-10-23(11-13-25)24-14-16-26(17-15-24)32(18-19-32)30(37)39-2/h3-17,20-21H,18-19H2,1-2H3,(H,35,38)/t21-/m1/s1. The van der Waals surface area contributed by atoms with Crippen LogP contribution in [0.15, 0.2) is 97.2 Å². The molecule has 0 bridgehead atoms. The SMILES string of the molecule is COC(=O)C1(c2ccc(-c3ccc(-c4nc5cccnn5c4NC(=O)O[C@H](C)c4ccccc4)cc3)cc2)CC1. The van der Waals surface area contributed by atoms with E-state index in [1.54, 1.807) is 16.8 Å². The number of ether oxygens (including phenoxy) is 2. The van der Waals surface area contributed by atoms with Gasteiger partial charge in [-0.15, -0.1) is 0 Å². The summed E-state index contributed by atoms with van der Waals surface area (Å²) < 4.78 is 12.2. The van der Waals surface area contributed by atoms with Crippen molar-refractivity contribution in [3.63, 3.8) is 0 Å². The third-order valence-corrected chi connectivity index (χ3v) is 7.42. The van der Waals surface area contributed by atoms with Crippen molar-refractivity contribution in [3.8, 4) is 22.4 Å². The van der Waals surface area contributed by atoms with Crippen LogP contribution in [-0.2, 0) is 19.7 Å². The molecule has 5 aromatic rings. The Balaban J connectivity index is 1.25. The zero-order valence-electron chi connectivity index (χ0n) is 22.2. The molecule has 0 aliphatic heterocycles. The van der Waals surface area contributed by atoms with Crippen LogP contribution in [0, 0.1) is 0 Å². The molecular weight excluding hydrogens is 504 g/mol. The Labute approximate surface area is 231 Å². The van der Waals surface area contributed by atoms with Crippen LogP contribution in [0.1, 0.15) is 37.0 Å². The van der Waals surface area contributed by atoms with Crippen molar-refractivity contribution in [2.45, 2.75) is 31.3 Å². The van der Waals surface area contributed by atoms with Gasteiger partial charge in [0.15, 0.2) is 11.5 Å². The van der Waals surface area contributed by atoms with E-state index in [9.17, 15) is 9.59 Å². The van der Waals surface area contributed by atoms with Crippen LogP contribution in [-0.4, -0.2) is 33.8 Å². The number of hydrogen-bond acceptors (Lipinski definition) is 6. The van der Waals surface area contributed by atoms with Gasteiger partial charge in [0, 0.05) is 11.8 Å². The molecule has 3 aromatic carbocycles. The number of nitrogens with zero attached hydrogens (tertiary/aromatic N) is 3. The first-order chi connectivity index (χ1) is 19.5. The van der Waals surface area contributed by atoms with Gasteiger partial charge >= 0.3 is 12.1 Å². The Hall–Kier alpha value is -4.98. The van der Waals surface area contributed by atoms with E-state index < -0.39 is 17.6 Å². The van der Waals surface area contributed by atoms with E-state index in [4.69, 9.17) is 14.5 Å². The van der Waals surface area contributed by atoms with E-state index in [1.165, 1.54) is 7.11 Å². The van der Waals surface area contributed by atoms with E-state index in [2.05, 4.69) is 10.4 Å². The van der Waals surface area contributed by atoms with Gasteiger partial charge < -0.3 is 9.47 Å². The quantitative estimate of drug-likeness (QED) is 0.238. The smallest absolute Gasteiger partial charge is 0.413 e. The molecule has 2 aromatic heterocycles. The van der Waals surface area contributed by atoms with E-state index in [0.29, 0.717) is 17.2 Å². The van der Waals surface area contributed by atoms with Gasteiger partial charge in [0.25, 0.3) is 0 Å². The summed E-state index contributed by atoms with van der Waals surface area (Å²) in [6.07, 6.45) is 2.25. The van der Waals surface area contributed by atoms with Gasteiger partial charge in [-0.1, -0.05) is 78.9 Å². The molecule has 2 heterocycles. The van der Waals surface area contributed by atoms with Crippen molar-refractivity contribution in [2.75, 3.05) is 12.4 Å². The van der Waals surface area contributed by atoms with E-state index in [1.807, 2.05) is 91.9 Å². The van der Waals surface area contributed by atoms with Crippen LogP contribution in [0.5, 0.6) is 0 Å². The first kappa shape index (κ1) is 25.3. The van der Waals surface area contributed by atoms with E-state index in [-0.39, 0.29) is 5.97 Å². The molecule has 0 saturated heterocycles. The molecule has 0 unspecified atom stereocenters. The Bertz CT molecular complexity index is 1670. The second kappa shape index (κ2) is 10.3. The molecule has 1 fully saturated rings. The van der Waals surface area contributed by atoms with Crippen molar-refractivity contribution >= 4 is 23.5 Å². The minimum absolute atomic E-state index is 0.172. The van der Waals surface area contributed by atoms with E-state index >= 15 is 0 Å². The van der Waals surface area contributed by atoms with Crippen molar-refractivity contribution in [1.82, 2.24) is 14.6 Å². The first-order valence-corrected chi connectivity index (χ1v) is 13.1. The normalized spacial score (nSPS) is 14.3. The Morgan fingerprint density at radius 1 is 0.875 bits per heavy atom. The summed E-state index contributed by atoms with van der Waals surface area (Å²) in [6, 6.07) is 29.2. The molecule has 0 spiro atoms. The molecule has 1 saturated carbocycles. The van der Waals surface area contributed by atoms with Crippen molar-refractivity contribution < 1.29 is 19.1 Å². The predicted octanol–water partition coefficient (Wildman–Crippen LogP) is 6.58. The van der Waals surface area contributed by atoms with Gasteiger partial charge in [-0.05, 0) is 54.2 Å². The predicted molar refractivity (Wildman–Crippen MR) is 152 cm³/mol. The summed E-state index contributed by atoms with van der Waals surface area (Å²) in [4.78, 5) is 29.9. The maximum absolute atomic E-state index is 12.9. The number of imidazole rings is 1. The lowest BCUT2D eigenvalue weighted by Crippen LogP contribution is -2.21. The number of nitrogens with one attached hydrogen (secondary N) is 1. The lowest BCUT2D eigenvalue weighted by molar-refractivity contribution is -0.143. The first-order valence-electron chi connectivity index (χ1n) is 13.1. The number of amides is 1. The third-order valence-electron chi connectivity index (χ3n) is 7.42. The van der Waals surface area contributed by atoms with Gasteiger partial charge in [0.2, 0.25) is 0 Å². The number of aromatic nitrogens is 3. The van der Waals surface area contributed by atoms with Gasteiger partial charge in [-0.25, -0.2) is 9.78 Å². The lowest BCUT2D eigenvalue weighted by atomic mass is 9.93. The topological polar surface area (TPSA) is 94.8 Å². The summed E-state index contributed by atoms with van der Waals surface area (Å²) >= 11 is 0. The molecule has 200 valence electrons. The van der Waals surface area contributed by atoms with Gasteiger partial charge in [0.1, 0.15) is 11.8 Å². The fourth-order valence-corrected chi connectivity index (χ4v) is 5.01. The fourth-order valence-electron chi connectivity index (χ4n) is 5.01. The van der Waals surface area contributed by atoms with Crippen molar-refractivity contribution in [2.24, 2.45) is 0 Å². The number of anilines is 1. The second-order valence-corrected chi connectivity index (χ2v) is 9.91. The van der Waals surface area contributed by atoms with Crippen LogP contribution in [0.25, 0.3) is 28.0 Å². The van der Waals surface area contributed by atoms with Gasteiger partial charge in [-0.2, -0.15) is 9.61 Å². The Morgan fingerprint density at radius 3 is 2.17 bits per heavy atom. The molecule has 1 atom stereocenters. The summed E-state index contributed by atoms with van der Waals surface area (Å²) in [7, 11) is 1.44. The summed E-state index contributed by atoms with van der Waals surface area (Å²) in [6.45, 7) is 1.83.